The zero-order valence-corrected chi connectivity index (χ0v) is 45.9. The van der Waals surface area contributed by atoms with Crippen molar-refractivity contribution in [1.82, 2.24) is 49.9 Å². The van der Waals surface area contributed by atoms with Crippen molar-refractivity contribution in [2.75, 3.05) is 75.9 Å². The lowest BCUT2D eigenvalue weighted by molar-refractivity contribution is -0.147. The number of nitrogens with zero attached hydrogens (tertiary/aromatic N) is 9. The van der Waals surface area contributed by atoms with Gasteiger partial charge < -0.3 is 49.6 Å². The Morgan fingerprint density at radius 1 is 0.892 bits per heavy atom. The molecule has 3 fully saturated rings. The van der Waals surface area contributed by atoms with Gasteiger partial charge in [0, 0.05) is 70.3 Å². The Morgan fingerprint density at radius 3 is 2.28 bits per heavy atom. The smallest absolute Gasteiger partial charge is 0.246 e. The number of amides is 2. The topological polar surface area (TPSA) is 208 Å². The van der Waals surface area contributed by atoms with Crippen LogP contribution in [0, 0.1) is 24.7 Å². The molecule has 0 radical (unpaired) electrons. The van der Waals surface area contributed by atoms with Crippen LogP contribution in [0.25, 0.3) is 21.5 Å². The quantitative estimate of drug-likeness (QED) is 0.0360. The summed E-state index contributed by atoms with van der Waals surface area (Å²) in [6.45, 7) is 24.1. The first-order chi connectivity index (χ1) is 35.3. The van der Waals surface area contributed by atoms with Crippen LogP contribution in [-0.2, 0) is 19.1 Å². The Labute approximate surface area is 441 Å². The number of imidazole rings is 1. The zero-order chi connectivity index (χ0) is 52.8. The van der Waals surface area contributed by atoms with Crippen molar-refractivity contribution in [2.24, 2.45) is 10.8 Å². The van der Waals surface area contributed by atoms with Gasteiger partial charge >= 0.3 is 0 Å². The minimum absolute atomic E-state index is 0.0486. The van der Waals surface area contributed by atoms with E-state index in [0.717, 1.165) is 108 Å². The first kappa shape index (κ1) is 55.1. The molecule has 8 rings (SSSR count). The second kappa shape index (κ2) is 23.8. The summed E-state index contributed by atoms with van der Waals surface area (Å²) in [7, 11) is 0. The van der Waals surface area contributed by atoms with Crippen molar-refractivity contribution in [2.45, 2.75) is 143 Å². The molecule has 5 atom stereocenters. The van der Waals surface area contributed by atoms with Crippen molar-refractivity contribution in [3.63, 3.8) is 0 Å². The van der Waals surface area contributed by atoms with Crippen LogP contribution in [0.3, 0.4) is 0 Å². The van der Waals surface area contributed by atoms with E-state index >= 15 is 0 Å². The van der Waals surface area contributed by atoms with Gasteiger partial charge in [0.25, 0.3) is 0 Å². The third-order valence-electron chi connectivity index (χ3n) is 15.3. The number of hydrogen-bond donors (Lipinski definition) is 5. The van der Waals surface area contributed by atoms with Gasteiger partial charge in [-0.25, -0.2) is 19.9 Å². The molecule has 5 N–H and O–H groups in total. The summed E-state index contributed by atoms with van der Waals surface area (Å²) in [6, 6.07) is 10.5. The molecule has 3 saturated heterocycles. The van der Waals surface area contributed by atoms with Crippen LogP contribution < -0.4 is 20.9 Å². The van der Waals surface area contributed by atoms with Crippen LogP contribution in [0.5, 0.6) is 0 Å². The van der Waals surface area contributed by atoms with E-state index in [9.17, 15) is 19.8 Å². The Balaban J connectivity index is 0.698. The highest BCUT2D eigenvalue weighted by atomic mass is 32.1. The number of likely N-dealkylation sites (tertiary alicyclic amines) is 2. The summed E-state index contributed by atoms with van der Waals surface area (Å²) in [5, 5.41) is 32.3. The SMILES string of the molecule is Cc1ncsc1-c1ccc([C@H](C)N[C@@](C)(O)[C@@H]2C[C@@H](O)CN2C(=O)[C@@H](NC(=O)COCCCOCCCN2CCC3(CC2)CCN(c2nccc(Nc4cc5c(cn4)nc(C)n5C(C)C)n2)CC3)C(C)(C)C)cc1. The molecule has 1 aromatic carbocycles. The van der Waals surface area contributed by atoms with Crippen molar-refractivity contribution in [3.05, 3.63) is 71.4 Å². The Hall–Kier alpha value is -5.15. The van der Waals surface area contributed by atoms with Crippen molar-refractivity contribution in [3.8, 4) is 10.4 Å². The van der Waals surface area contributed by atoms with Gasteiger partial charge in [0.2, 0.25) is 17.8 Å². The second-order valence-corrected chi connectivity index (χ2v) is 23.3. The van der Waals surface area contributed by atoms with Crippen molar-refractivity contribution < 1.29 is 29.3 Å². The van der Waals surface area contributed by atoms with E-state index in [1.54, 1.807) is 18.3 Å². The molecule has 0 saturated carbocycles. The number of benzene rings is 1. The highest BCUT2D eigenvalue weighted by molar-refractivity contribution is 7.13. The number of rotatable bonds is 21. The average molecular weight is 1040 g/mol. The number of thiazole rings is 1. The number of anilines is 3. The standard InChI is InChI=1S/C55H80N12O6S/c1-36(2)67-39(5)59-43-32-57-47(31-44(43)67)60-46-16-21-56-52(61-46)65-25-19-55(20-26-65)17-23-64(24-18-55)22-10-27-72-28-11-29-73-34-48(69)62-50(53(6,7)8)51(70)66-33-42(68)30-45(66)54(9,71)63-37(3)40-12-14-41(15-13-40)49-38(4)58-35-74-49/h12-16,21,31-32,35-37,42,45,50,63,68,71H,10-11,17-20,22-30,33-34H2,1-9H3,(H,62,69)(H,56,57,60,61)/t37-,42+,45-,50+,54-/m0/s1. The fourth-order valence-corrected chi connectivity index (χ4v) is 11.9. The van der Waals surface area contributed by atoms with E-state index in [1.165, 1.54) is 17.7 Å². The van der Waals surface area contributed by atoms with Crippen molar-refractivity contribution >= 4 is 51.8 Å². The lowest BCUT2D eigenvalue weighted by Crippen LogP contribution is -2.63. The maximum absolute atomic E-state index is 14.3. The molecule has 0 aliphatic carbocycles. The molecule has 4 aromatic heterocycles. The van der Waals surface area contributed by atoms with Gasteiger partial charge in [0.15, 0.2) is 0 Å². The highest BCUT2D eigenvalue weighted by Gasteiger charge is 2.49. The fourth-order valence-electron chi connectivity index (χ4n) is 11.1. The van der Waals surface area contributed by atoms with Gasteiger partial charge in [-0.2, -0.15) is 4.98 Å². The van der Waals surface area contributed by atoms with Crippen LogP contribution in [0.4, 0.5) is 17.6 Å². The lowest BCUT2D eigenvalue weighted by Gasteiger charge is -2.47. The van der Waals surface area contributed by atoms with Crippen LogP contribution in [-0.4, -0.2) is 151 Å². The van der Waals surface area contributed by atoms with E-state index in [-0.39, 0.29) is 31.5 Å². The number of aryl methyl sites for hydroxylation is 2. The third kappa shape index (κ3) is 13.4. The monoisotopic (exact) mass is 1040 g/mol. The van der Waals surface area contributed by atoms with Gasteiger partial charge in [-0.3, -0.25) is 14.9 Å². The van der Waals surface area contributed by atoms with Crippen LogP contribution in [0.15, 0.2) is 54.3 Å². The first-order valence-corrected chi connectivity index (χ1v) is 27.5. The first-order valence-electron chi connectivity index (χ1n) is 26.6. The number of fused-ring (bicyclic) bond motifs is 1. The van der Waals surface area contributed by atoms with E-state index in [2.05, 4.69) is 64.1 Å². The molecule has 2 amide bonds. The highest BCUT2D eigenvalue weighted by Crippen LogP contribution is 2.42. The number of ether oxygens (including phenoxy) is 2. The van der Waals surface area contributed by atoms with E-state index in [1.807, 2.05) is 95.8 Å². The predicted molar refractivity (Wildman–Crippen MR) is 290 cm³/mol. The van der Waals surface area contributed by atoms with Gasteiger partial charge in [0.1, 0.15) is 41.4 Å². The molecule has 74 heavy (non-hydrogen) atoms. The zero-order valence-electron chi connectivity index (χ0n) is 45.1. The molecule has 5 aromatic rings. The molecule has 7 heterocycles. The molecule has 19 heteroatoms. The van der Waals surface area contributed by atoms with Crippen LogP contribution >= 0.6 is 11.3 Å². The summed E-state index contributed by atoms with van der Waals surface area (Å²) < 4.78 is 13.9. The maximum atomic E-state index is 14.3. The van der Waals surface area contributed by atoms with Crippen LogP contribution in [0.2, 0.25) is 0 Å². The number of carbonyl (C=O) groups excluding carboxylic acids is 2. The number of piperidine rings is 2. The van der Waals surface area contributed by atoms with E-state index < -0.39 is 35.2 Å². The molecule has 18 nitrogen and oxygen atoms in total. The van der Waals surface area contributed by atoms with Crippen molar-refractivity contribution in [1.29, 1.82) is 0 Å². The minimum Gasteiger partial charge on any atom is -0.391 e. The van der Waals surface area contributed by atoms with Gasteiger partial charge in [0.05, 0.1) is 39.9 Å². The summed E-state index contributed by atoms with van der Waals surface area (Å²) in [6.07, 6.45) is 9.29. The number of carbonyl (C=O) groups is 2. The lowest BCUT2D eigenvalue weighted by atomic mass is 9.71. The van der Waals surface area contributed by atoms with E-state index in [0.29, 0.717) is 37.7 Å². The molecule has 402 valence electrons. The normalized spacial score (nSPS) is 20.1. The Kier molecular flexibility index (Phi) is 17.7. The third-order valence-corrected chi connectivity index (χ3v) is 16.3. The Morgan fingerprint density at radius 2 is 1.59 bits per heavy atom. The number of hydrogen-bond acceptors (Lipinski definition) is 16. The number of aromatic nitrogens is 6. The van der Waals surface area contributed by atoms with Gasteiger partial charge in [-0.15, -0.1) is 11.3 Å². The molecule has 0 bridgehead atoms. The van der Waals surface area contributed by atoms with Crippen LogP contribution in [0.1, 0.15) is 123 Å². The number of aliphatic hydroxyl groups excluding tert-OH is 1. The largest absolute Gasteiger partial charge is 0.391 e. The number of aliphatic hydroxyl groups is 2. The molecule has 0 unspecified atom stereocenters. The number of nitrogens with one attached hydrogen (secondary N) is 3. The second-order valence-electron chi connectivity index (χ2n) is 22.4. The average Bonchev–Trinajstić information content (AvgIpc) is 4.08. The number of β-amino-alcohol motifs (C(OH)–C–C–N with tert-alkyl or cyclic N) is 1. The predicted octanol–water partition coefficient (Wildman–Crippen LogP) is 7.33. The molecule has 3 aliphatic rings. The summed E-state index contributed by atoms with van der Waals surface area (Å²) >= 11 is 1.60. The maximum Gasteiger partial charge on any atom is 0.246 e. The van der Waals surface area contributed by atoms with Gasteiger partial charge in [-0.1, -0.05) is 45.0 Å². The summed E-state index contributed by atoms with van der Waals surface area (Å²) in [5.41, 5.74) is 4.97. The fraction of sp³-hybridized carbons (Fsp3) is 0.618. The Bertz CT molecular complexity index is 2650. The molecule has 3 aliphatic heterocycles. The number of pyridine rings is 1. The van der Waals surface area contributed by atoms with Gasteiger partial charge in [-0.05, 0) is 128 Å². The molecule has 1 spiro atoms. The molecular weight excluding hydrogens is 957 g/mol. The van der Waals surface area contributed by atoms with E-state index in [4.69, 9.17) is 14.5 Å². The summed E-state index contributed by atoms with van der Waals surface area (Å²) in [5.74, 6) is 2.43. The molecular formula is C55H80N12O6S. The minimum atomic E-state index is -1.55. The summed E-state index contributed by atoms with van der Waals surface area (Å²) in [4.78, 5) is 58.2.